The SMILES string of the molecule is COc1ccc(C(=O)N(C)Cc2cccc(Cl)c2)cc1S(=O)(=O)N1CC(C)CC(C)C1. The minimum atomic E-state index is -3.80. The van der Waals surface area contributed by atoms with Gasteiger partial charge < -0.3 is 9.64 Å². The summed E-state index contributed by atoms with van der Waals surface area (Å²) in [7, 11) is -0.687. The van der Waals surface area contributed by atoms with Crippen molar-refractivity contribution < 1.29 is 17.9 Å². The Bertz CT molecular complexity index is 1050. The summed E-state index contributed by atoms with van der Waals surface area (Å²) in [6.45, 7) is 5.39. The highest BCUT2D eigenvalue weighted by atomic mass is 35.5. The molecule has 1 heterocycles. The molecule has 3 rings (SSSR count). The summed E-state index contributed by atoms with van der Waals surface area (Å²) in [5.74, 6) is 0.510. The number of amides is 1. The average molecular weight is 465 g/mol. The first-order chi connectivity index (χ1) is 14.6. The van der Waals surface area contributed by atoms with Gasteiger partial charge in [-0.2, -0.15) is 4.31 Å². The van der Waals surface area contributed by atoms with Crippen LogP contribution in [0.1, 0.15) is 36.2 Å². The molecule has 168 valence electrons. The summed E-state index contributed by atoms with van der Waals surface area (Å²) in [5, 5.41) is 0.598. The van der Waals surface area contributed by atoms with E-state index in [1.54, 1.807) is 31.3 Å². The molecule has 8 heteroatoms. The van der Waals surface area contributed by atoms with Crippen molar-refractivity contribution in [2.75, 3.05) is 27.2 Å². The van der Waals surface area contributed by atoms with E-state index in [2.05, 4.69) is 13.8 Å². The van der Waals surface area contributed by atoms with Crippen molar-refractivity contribution in [2.24, 2.45) is 11.8 Å². The Morgan fingerprint density at radius 1 is 1.16 bits per heavy atom. The molecule has 0 spiro atoms. The fraction of sp³-hybridized carbons (Fsp3) is 0.435. The number of benzene rings is 2. The lowest BCUT2D eigenvalue weighted by Crippen LogP contribution is -2.42. The highest BCUT2D eigenvalue weighted by Gasteiger charge is 2.34. The minimum absolute atomic E-state index is 0.0262. The summed E-state index contributed by atoms with van der Waals surface area (Å²) >= 11 is 6.03. The van der Waals surface area contributed by atoms with E-state index in [9.17, 15) is 13.2 Å². The van der Waals surface area contributed by atoms with E-state index in [1.165, 1.54) is 22.4 Å². The average Bonchev–Trinajstić information content (AvgIpc) is 2.72. The predicted octanol–water partition coefficient (Wildman–Crippen LogP) is 4.29. The Kier molecular flexibility index (Phi) is 7.29. The van der Waals surface area contributed by atoms with Gasteiger partial charge in [0.25, 0.3) is 5.91 Å². The third-order valence-corrected chi connectivity index (χ3v) is 7.61. The normalized spacial score (nSPS) is 19.8. The van der Waals surface area contributed by atoms with Crippen LogP contribution >= 0.6 is 11.6 Å². The number of sulfonamides is 1. The molecule has 2 aromatic carbocycles. The fourth-order valence-electron chi connectivity index (χ4n) is 4.15. The molecular formula is C23H29ClN2O4S. The summed E-state index contributed by atoms with van der Waals surface area (Å²) in [4.78, 5) is 14.6. The molecule has 2 aromatic rings. The lowest BCUT2D eigenvalue weighted by Gasteiger charge is -2.34. The second-order valence-electron chi connectivity index (χ2n) is 8.42. The lowest BCUT2D eigenvalue weighted by atomic mass is 9.94. The second kappa shape index (κ2) is 9.59. The molecule has 6 nitrogen and oxygen atoms in total. The van der Waals surface area contributed by atoms with Crippen molar-refractivity contribution in [1.82, 2.24) is 9.21 Å². The zero-order valence-electron chi connectivity index (χ0n) is 18.3. The number of hydrogen-bond acceptors (Lipinski definition) is 4. The number of carbonyl (C=O) groups is 1. The monoisotopic (exact) mass is 464 g/mol. The van der Waals surface area contributed by atoms with Gasteiger partial charge in [0.1, 0.15) is 10.6 Å². The maximum Gasteiger partial charge on any atom is 0.253 e. The van der Waals surface area contributed by atoms with Crippen LogP contribution < -0.4 is 4.74 Å². The Labute approximate surface area is 189 Å². The van der Waals surface area contributed by atoms with Gasteiger partial charge in [0.15, 0.2) is 0 Å². The van der Waals surface area contributed by atoms with E-state index >= 15 is 0 Å². The van der Waals surface area contributed by atoms with Crippen molar-refractivity contribution in [3.05, 3.63) is 58.6 Å². The molecule has 2 unspecified atom stereocenters. The molecule has 0 radical (unpaired) electrons. The van der Waals surface area contributed by atoms with E-state index in [0.29, 0.717) is 30.2 Å². The Morgan fingerprint density at radius 3 is 2.45 bits per heavy atom. The van der Waals surface area contributed by atoms with E-state index in [1.807, 2.05) is 12.1 Å². The molecule has 1 fully saturated rings. The van der Waals surface area contributed by atoms with Gasteiger partial charge in [0.05, 0.1) is 7.11 Å². The zero-order chi connectivity index (χ0) is 22.8. The Hall–Kier alpha value is -2.09. The van der Waals surface area contributed by atoms with Crippen LogP contribution in [0.2, 0.25) is 5.02 Å². The first kappa shape index (κ1) is 23.6. The van der Waals surface area contributed by atoms with Crippen LogP contribution in [-0.4, -0.2) is 50.8 Å². The smallest absolute Gasteiger partial charge is 0.253 e. The van der Waals surface area contributed by atoms with Crippen LogP contribution in [0.5, 0.6) is 5.75 Å². The van der Waals surface area contributed by atoms with Crippen molar-refractivity contribution in [2.45, 2.75) is 31.7 Å². The van der Waals surface area contributed by atoms with Crippen molar-refractivity contribution >= 4 is 27.5 Å². The molecule has 1 aliphatic rings. The molecule has 2 atom stereocenters. The summed E-state index contributed by atoms with van der Waals surface area (Å²) in [5.41, 5.74) is 1.18. The fourth-order valence-corrected chi connectivity index (χ4v) is 6.23. The van der Waals surface area contributed by atoms with Gasteiger partial charge in [-0.15, -0.1) is 0 Å². The molecule has 0 aromatic heterocycles. The van der Waals surface area contributed by atoms with Gasteiger partial charge in [-0.05, 0) is 54.2 Å². The largest absolute Gasteiger partial charge is 0.495 e. The highest BCUT2D eigenvalue weighted by molar-refractivity contribution is 7.89. The van der Waals surface area contributed by atoms with Gasteiger partial charge >= 0.3 is 0 Å². The molecule has 0 bridgehead atoms. The van der Waals surface area contributed by atoms with E-state index in [-0.39, 0.29) is 28.4 Å². The van der Waals surface area contributed by atoms with Gasteiger partial charge in [0, 0.05) is 37.3 Å². The summed E-state index contributed by atoms with van der Waals surface area (Å²) in [6, 6.07) is 11.9. The van der Waals surface area contributed by atoms with Gasteiger partial charge in [-0.3, -0.25) is 4.79 Å². The van der Waals surface area contributed by atoms with Crippen molar-refractivity contribution in [3.8, 4) is 5.75 Å². The number of hydrogen-bond donors (Lipinski definition) is 0. The lowest BCUT2D eigenvalue weighted by molar-refractivity contribution is 0.0784. The molecule has 1 aliphatic heterocycles. The predicted molar refractivity (Wildman–Crippen MR) is 122 cm³/mol. The number of rotatable bonds is 6. The van der Waals surface area contributed by atoms with Crippen molar-refractivity contribution in [3.63, 3.8) is 0 Å². The van der Waals surface area contributed by atoms with Crippen LogP contribution in [0.4, 0.5) is 0 Å². The maximum atomic E-state index is 13.4. The standard InChI is InChI=1S/C23H29ClN2O4S/c1-16-10-17(2)14-26(13-16)31(28,29)22-12-19(8-9-21(22)30-4)23(27)25(3)15-18-6-5-7-20(24)11-18/h5-9,11-12,16-17H,10,13-15H2,1-4H3. The second-order valence-corrected chi connectivity index (χ2v) is 10.8. The Morgan fingerprint density at radius 2 is 1.84 bits per heavy atom. The molecular weight excluding hydrogens is 436 g/mol. The first-order valence-electron chi connectivity index (χ1n) is 10.3. The number of nitrogens with zero attached hydrogens (tertiary/aromatic N) is 2. The molecule has 0 saturated carbocycles. The third-order valence-electron chi connectivity index (χ3n) is 5.52. The number of methoxy groups -OCH3 is 1. The van der Waals surface area contributed by atoms with Crippen LogP contribution in [0.25, 0.3) is 0 Å². The quantitative estimate of drug-likeness (QED) is 0.639. The topological polar surface area (TPSA) is 66.9 Å². The van der Waals surface area contributed by atoms with Gasteiger partial charge in [-0.1, -0.05) is 37.6 Å². The van der Waals surface area contributed by atoms with Gasteiger partial charge in [-0.25, -0.2) is 8.42 Å². The molecule has 0 N–H and O–H groups in total. The van der Waals surface area contributed by atoms with Crippen LogP contribution in [0.3, 0.4) is 0 Å². The maximum absolute atomic E-state index is 13.4. The van der Waals surface area contributed by atoms with E-state index in [4.69, 9.17) is 16.3 Å². The van der Waals surface area contributed by atoms with Crippen LogP contribution in [0, 0.1) is 11.8 Å². The minimum Gasteiger partial charge on any atom is -0.495 e. The summed E-state index contributed by atoms with van der Waals surface area (Å²) in [6.07, 6.45) is 0.996. The highest BCUT2D eigenvalue weighted by Crippen LogP contribution is 2.32. The number of piperidine rings is 1. The van der Waals surface area contributed by atoms with Crippen LogP contribution in [0.15, 0.2) is 47.4 Å². The molecule has 1 saturated heterocycles. The van der Waals surface area contributed by atoms with E-state index in [0.717, 1.165) is 12.0 Å². The third kappa shape index (κ3) is 5.40. The zero-order valence-corrected chi connectivity index (χ0v) is 19.9. The van der Waals surface area contributed by atoms with Crippen molar-refractivity contribution in [1.29, 1.82) is 0 Å². The molecule has 1 amide bonds. The number of halogens is 1. The van der Waals surface area contributed by atoms with Crippen LogP contribution in [-0.2, 0) is 16.6 Å². The summed E-state index contributed by atoms with van der Waals surface area (Å²) < 4.78 is 33.7. The molecule has 0 aliphatic carbocycles. The first-order valence-corrected chi connectivity index (χ1v) is 12.1. The number of carbonyl (C=O) groups excluding carboxylic acids is 1. The number of ether oxygens (including phenoxy) is 1. The Balaban J connectivity index is 1.90. The van der Waals surface area contributed by atoms with Gasteiger partial charge in [0.2, 0.25) is 10.0 Å². The van der Waals surface area contributed by atoms with E-state index < -0.39 is 10.0 Å². The molecule has 31 heavy (non-hydrogen) atoms.